The van der Waals surface area contributed by atoms with E-state index in [2.05, 4.69) is 31.9 Å². The maximum absolute atomic E-state index is 11.7. The fraction of sp³-hybridized carbons (Fsp3) is 0.364. The van der Waals surface area contributed by atoms with Gasteiger partial charge in [-0.05, 0) is 17.7 Å². The van der Waals surface area contributed by atoms with Crippen LogP contribution in [0.1, 0.15) is 5.56 Å². The van der Waals surface area contributed by atoms with Crippen LogP contribution in [0.25, 0.3) is 0 Å². The maximum atomic E-state index is 11.7. The summed E-state index contributed by atoms with van der Waals surface area (Å²) in [6.07, 6.45) is 0.469. The number of carbonyl (C=O) groups is 1. The molecule has 82 valence electrons. The summed E-state index contributed by atoms with van der Waals surface area (Å²) in [7, 11) is 1.82. The summed E-state index contributed by atoms with van der Waals surface area (Å²) in [6.45, 7) is 0.745. The number of nitrogens with zero attached hydrogens (tertiary/aromatic N) is 1. The topological polar surface area (TPSA) is 20.3 Å². The van der Waals surface area contributed by atoms with Gasteiger partial charge in [0, 0.05) is 23.4 Å². The first-order chi connectivity index (χ1) is 7.13. The van der Waals surface area contributed by atoms with Gasteiger partial charge in [-0.2, -0.15) is 0 Å². The Balaban J connectivity index is 2.54. The lowest BCUT2D eigenvalue weighted by Gasteiger charge is -2.15. The second-order valence-corrected chi connectivity index (χ2v) is 5.02. The van der Waals surface area contributed by atoms with Crippen LogP contribution < -0.4 is 0 Å². The zero-order valence-corrected chi connectivity index (χ0v) is 11.7. The van der Waals surface area contributed by atoms with Crippen LogP contribution in [0.5, 0.6) is 0 Å². The molecule has 0 heterocycles. The highest BCUT2D eigenvalue weighted by Crippen LogP contribution is 2.11. The van der Waals surface area contributed by atoms with Crippen molar-refractivity contribution in [2.24, 2.45) is 0 Å². The fourth-order valence-electron chi connectivity index (χ4n) is 1.16. The van der Waals surface area contributed by atoms with E-state index in [-0.39, 0.29) is 5.91 Å². The number of hydrogen-bond acceptors (Lipinski definition) is 1. The minimum absolute atomic E-state index is 0.150. The molecule has 0 saturated heterocycles. The van der Waals surface area contributed by atoms with Crippen molar-refractivity contribution in [2.75, 3.05) is 18.9 Å². The Morgan fingerprint density at radius 2 is 1.93 bits per heavy atom. The first kappa shape index (κ1) is 12.7. The van der Waals surface area contributed by atoms with Crippen molar-refractivity contribution < 1.29 is 4.79 Å². The number of carbonyl (C=O) groups excluding carboxylic acids is 1. The molecule has 15 heavy (non-hydrogen) atoms. The third-order valence-electron chi connectivity index (χ3n) is 2.11. The molecule has 0 unspecified atom stereocenters. The largest absolute Gasteiger partial charge is 0.345 e. The molecule has 1 aromatic carbocycles. The SMILES string of the molecule is CN(CCBr)C(=O)Cc1ccc(Br)cc1. The van der Waals surface area contributed by atoms with E-state index in [1.54, 1.807) is 4.90 Å². The lowest BCUT2D eigenvalue weighted by molar-refractivity contribution is -0.128. The number of benzene rings is 1. The second kappa shape index (κ2) is 6.28. The zero-order valence-electron chi connectivity index (χ0n) is 8.54. The Morgan fingerprint density at radius 3 is 2.47 bits per heavy atom. The molecule has 0 radical (unpaired) electrons. The molecule has 0 spiro atoms. The van der Waals surface area contributed by atoms with E-state index < -0.39 is 0 Å². The van der Waals surface area contributed by atoms with Crippen LogP contribution >= 0.6 is 31.9 Å². The van der Waals surface area contributed by atoms with E-state index in [0.29, 0.717) is 6.42 Å². The minimum atomic E-state index is 0.150. The molecule has 0 atom stereocenters. The van der Waals surface area contributed by atoms with E-state index in [4.69, 9.17) is 0 Å². The second-order valence-electron chi connectivity index (χ2n) is 3.31. The van der Waals surface area contributed by atoms with E-state index in [0.717, 1.165) is 21.9 Å². The van der Waals surface area contributed by atoms with Gasteiger partial charge in [-0.25, -0.2) is 0 Å². The van der Waals surface area contributed by atoms with Gasteiger partial charge in [0.05, 0.1) is 6.42 Å². The predicted octanol–water partition coefficient (Wildman–Crippen LogP) is 2.84. The van der Waals surface area contributed by atoms with Crippen molar-refractivity contribution >= 4 is 37.8 Å². The Hall–Kier alpha value is -0.350. The first-order valence-corrected chi connectivity index (χ1v) is 6.59. The molecule has 1 amide bonds. The molecule has 1 rings (SSSR count). The maximum Gasteiger partial charge on any atom is 0.226 e. The molecule has 0 aliphatic carbocycles. The zero-order chi connectivity index (χ0) is 11.3. The normalized spacial score (nSPS) is 10.1. The Labute approximate surface area is 107 Å². The third kappa shape index (κ3) is 4.34. The van der Waals surface area contributed by atoms with Crippen molar-refractivity contribution in [1.29, 1.82) is 0 Å². The van der Waals surface area contributed by atoms with Crippen LogP contribution in [0.3, 0.4) is 0 Å². The van der Waals surface area contributed by atoms with Gasteiger partial charge in [0.25, 0.3) is 0 Å². The van der Waals surface area contributed by atoms with Gasteiger partial charge in [-0.3, -0.25) is 4.79 Å². The molecule has 0 saturated carbocycles. The van der Waals surface area contributed by atoms with Crippen molar-refractivity contribution in [1.82, 2.24) is 4.90 Å². The number of rotatable bonds is 4. The number of hydrogen-bond donors (Lipinski definition) is 0. The molecule has 0 aliphatic rings. The van der Waals surface area contributed by atoms with Crippen LogP contribution in [0.2, 0.25) is 0 Å². The van der Waals surface area contributed by atoms with E-state index in [1.165, 1.54) is 0 Å². The molecule has 4 heteroatoms. The summed E-state index contributed by atoms with van der Waals surface area (Å²) in [5.41, 5.74) is 1.05. The van der Waals surface area contributed by atoms with Crippen LogP contribution in [-0.2, 0) is 11.2 Å². The molecule has 1 aromatic rings. The van der Waals surface area contributed by atoms with Crippen molar-refractivity contribution in [3.63, 3.8) is 0 Å². The van der Waals surface area contributed by atoms with Crippen LogP contribution in [-0.4, -0.2) is 29.7 Å². The van der Waals surface area contributed by atoms with Crippen molar-refractivity contribution in [2.45, 2.75) is 6.42 Å². The summed E-state index contributed by atoms with van der Waals surface area (Å²) in [5.74, 6) is 0.150. The molecular weight excluding hydrogens is 322 g/mol. The summed E-state index contributed by atoms with van der Waals surface area (Å²) < 4.78 is 1.03. The predicted molar refractivity (Wildman–Crippen MR) is 69.3 cm³/mol. The number of halogens is 2. The van der Waals surface area contributed by atoms with Crippen LogP contribution in [0.4, 0.5) is 0 Å². The van der Waals surface area contributed by atoms with Gasteiger partial charge < -0.3 is 4.90 Å². The van der Waals surface area contributed by atoms with E-state index in [1.807, 2.05) is 31.3 Å². The molecule has 0 fully saturated rings. The Morgan fingerprint density at radius 1 is 1.33 bits per heavy atom. The number of likely N-dealkylation sites (N-methyl/N-ethyl adjacent to an activating group) is 1. The smallest absolute Gasteiger partial charge is 0.226 e. The van der Waals surface area contributed by atoms with Gasteiger partial charge in [0.15, 0.2) is 0 Å². The van der Waals surface area contributed by atoms with E-state index in [9.17, 15) is 4.79 Å². The van der Waals surface area contributed by atoms with Crippen molar-refractivity contribution in [3.8, 4) is 0 Å². The average Bonchev–Trinajstić information content (AvgIpc) is 2.22. The Kier molecular flexibility index (Phi) is 5.32. The standard InChI is InChI=1S/C11H13Br2NO/c1-14(7-6-12)11(15)8-9-2-4-10(13)5-3-9/h2-5H,6-8H2,1H3. The average molecular weight is 335 g/mol. The summed E-state index contributed by atoms with van der Waals surface area (Å²) >= 11 is 6.68. The fourth-order valence-corrected chi connectivity index (χ4v) is 1.96. The molecule has 2 nitrogen and oxygen atoms in total. The third-order valence-corrected chi connectivity index (χ3v) is 3.00. The quantitative estimate of drug-likeness (QED) is 0.775. The molecule has 0 bridgehead atoms. The van der Waals surface area contributed by atoms with Gasteiger partial charge in [-0.1, -0.05) is 44.0 Å². The van der Waals surface area contributed by atoms with Crippen LogP contribution in [0, 0.1) is 0 Å². The first-order valence-electron chi connectivity index (χ1n) is 4.68. The van der Waals surface area contributed by atoms with Gasteiger partial charge in [0.1, 0.15) is 0 Å². The number of amides is 1. The van der Waals surface area contributed by atoms with Gasteiger partial charge in [0.2, 0.25) is 5.91 Å². The van der Waals surface area contributed by atoms with Crippen LogP contribution in [0.15, 0.2) is 28.7 Å². The molecular formula is C11H13Br2NO. The lowest BCUT2D eigenvalue weighted by Crippen LogP contribution is -2.29. The number of alkyl halides is 1. The highest BCUT2D eigenvalue weighted by Gasteiger charge is 2.08. The molecule has 0 N–H and O–H groups in total. The highest BCUT2D eigenvalue weighted by atomic mass is 79.9. The van der Waals surface area contributed by atoms with Gasteiger partial charge in [-0.15, -0.1) is 0 Å². The Bertz CT molecular complexity index is 324. The highest BCUT2D eigenvalue weighted by molar-refractivity contribution is 9.10. The molecule has 0 aromatic heterocycles. The summed E-state index contributed by atoms with van der Waals surface area (Å²) in [5, 5.41) is 0.815. The van der Waals surface area contributed by atoms with Gasteiger partial charge >= 0.3 is 0 Å². The lowest BCUT2D eigenvalue weighted by atomic mass is 10.1. The van der Waals surface area contributed by atoms with E-state index >= 15 is 0 Å². The molecule has 0 aliphatic heterocycles. The monoisotopic (exact) mass is 333 g/mol. The minimum Gasteiger partial charge on any atom is -0.345 e. The summed E-state index contributed by atoms with van der Waals surface area (Å²) in [6, 6.07) is 7.83. The van der Waals surface area contributed by atoms with Crippen molar-refractivity contribution in [3.05, 3.63) is 34.3 Å². The summed E-state index contributed by atoms with van der Waals surface area (Å²) in [4.78, 5) is 13.4.